The molecule has 0 saturated carbocycles. The third-order valence-corrected chi connectivity index (χ3v) is 3.04. The van der Waals surface area contributed by atoms with Crippen LogP contribution in [0.4, 0.5) is 0 Å². The van der Waals surface area contributed by atoms with Gasteiger partial charge in [0.1, 0.15) is 11.6 Å². The van der Waals surface area contributed by atoms with Gasteiger partial charge in [0.25, 0.3) is 5.89 Å². The highest BCUT2D eigenvalue weighted by molar-refractivity contribution is 5.28. The molecular weight excluding hydrogens is 242 g/mol. The summed E-state index contributed by atoms with van der Waals surface area (Å²) < 4.78 is 10.7. The highest BCUT2D eigenvalue weighted by Gasteiger charge is 2.31. The Bertz CT molecular complexity index is 522. The van der Waals surface area contributed by atoms with Crippen molar-refractivity contribution in [3.8, 4) is 0 Å². The van der Waals surface area contributed by atoms with E-state index in [4.69, 9.17) is 15.0 Å². The lowest BCUT2D eigenvalue weighted by atomic mass is 9.93. The smallest absolute Gasteiger partial charge is 0.251 e. The number of ether oxygens (including phenoxy) is 1. The molecule has 5 nitrogen and oxygen atoms in total. The fraction of sp³-hybridized carbons (Fsp3) is 0.429. The zero-order chi connectivity index (χ0) is 13.9. The first-order valence-electron chi connectivity index (χ1n) is 6.35. The maximum absolute atomic E-state index is 6.31. The van der Waals surface area contributed by atoms with Crippen molar-refractivity contribution in [1.82, 2.24) is 10.1 Å². The second kappa shape index (κ2) is 5.50. The molecule has 19 heavy (non-hydrogen) atoms. The molecule has 1 aromatic heterocycles. The summed E-state index contributed by atoms with van der Waals surface area (Å²) in [5, 5.41) is 3.94. The van der Waals surface area contributed by atoms with E-state index in [-0.39, 0.29) is 6.10 Å². The van der Waals surface area contributed by atoms with Gasteiger partial charge in [-0.05, 0) is 26.3 Å². The molecule has 0 bridgehead atoms. The van der Waals surface area contributed by atoms with Gasteiger partial charge in [-0.25, -0.2) is 0 Å². The molecule has 2 atom stereocenters. The Morgan fingerprint density at radius 3 is 2.68 bits per heavy atom. The van der Waals surface area contributed by atoms with Gasteiger partial charge in [-0.1, -0.05) is 35.5 Å². The van der Waals surface area contributed by atoms with E-state index in [1.54, 1.807) is 0 Å². The summed E-state index contributed by atoms with van der Waals surface area (Å²) in [6.45, 7) is 6.26. The zero-order valence-corrected chi connectivity index (χ0v) is 11.5. The van der Waals surface area contributed by atoms with Gasteiger partial charge in [-0.2, -0.15) is 4.98 Å². The SMILES string of the molecule is CCOC(C)c1noc(C(C)(N)c2ccccc2)n1. The molecule has 1 aromatic carbocycles. The van der Waals surface area contributed by atoms with Crippen LogP contribution in [0.5, 0.6) is 0 Å². The Morgan fingerprint density at radius 2 is 2.05 bits per heavy atom. The molecule has 2 rings (SSSR count). The molecule has 0 aliphatic heterocycles. The summed E-state index contributed by atoms with van der Waals surface area (Å²) in [7, 11) is 0. The van der Waals surface area contributed by atoms with Crippen LogP contribution in [0, 0.1) is 0 Å². The fourth-order valence-electron chi connectivity index (χ4n) is 1.84. The Hall–Kier alpha value is -1.72. The molecule has 0 spiro atoms. The third-order valence-electron chi connectivity index (χ3n) is 3.04. The quantitative estimate of drug-likeness (QED) is 0.894. The molecule has 0 aliphatic carbocycles. The molecule has 2 aromatic rings. The summed E-state index contributed by atoms with van der Waals surface area (Å²) in [5.41, 5.74) is 6.43. The van der Waals surface area contributed by atoms with Crippen LogP contribution in [0.15, 0.2) is 34.9 Å². The van der Waals surface area contributed by atoms with E-state index in [9.17, 15) is 0 Å². The first-order chi connectivity index (χ1) is 9.05. The highest BCUT2D eigenvalue weighted by atomic mass is 16.5. The van der Waals surface area contributed by atoms with E-state index < -0.39 is 5.54 Å². The predicted molar refractivity (Wildman–Crippen MR) is 71.4 cm³/mol. The molecule has 0 radical (unpaired) electrons. The number of hydrogen-bond donors (Lipinski definition) is 1. The number of nitrogens with zero attached hydrogens (tertiary/aromatic N) is 2. The standard InChI is InChI=1S/C14H19N3O2/c1-4-18-10(2)12-16-13(19-17-12)14(3,15)11-8-6-5-7-9-11/h5-10H,4,15H2,1-3H3. The minimum atomic E-state index is -0.807. The summed E-state index contributed by atoms with van der Waals surface area (Å²) in [6, 6.07) is 9.68. The van der Waals surface area contributed by atoms with Gasteiger partial charge in [0.15, 0.2) is 5.82 Å². The average molecular weight is 261 g/mol. The van der Waals surface area contributed by atoms with Gasteiger partial charge < -0.3 is 15.0 Å². The van der Waals surface area contributed by atoms with Crippen molar-refractivity contribution in [2.75, 3.05) is 6.61 Å². The average Bonchev–Trinajstić information content (AvgIpc) is 2.90. The van der Waals surface area contributed by atoms with Crippen molar-refractivity contribution < 1.29 is 9.26 Å². The zero-order valence-electron chi connectivity index (χ0n) is 11.5. The summed E-state index contributed by atoms with van der Waals surface area (Å²) in [4.78, 5) is 4.35. The first-order valence-corrected chi connectivity index (χ1v) is 6.35. The molecule has 102 valence electrons. The van der Waals surface area contributed by atoms with E-state index in [0.717, 1.165) is 5.56 Å². The molecule has 0 amide bonds. The van der Waals surface area contributed by atoms with E-state index in [1.165, 1.54) is 0 Å². The number of nitrogens with two attached hydrogens (primary N) is 1. The van der Waals surface area contributed by atoms with Crippen molar-refractivity contribution in [1.29, 1.82) is 0 Å². The number of benzene rings is 1. The van der Waals surface area contributed by atoms with Gasteiger partial charge in [-0.3, -0.25) is 0 Å². The lowest BCUT2D eigenvalue weighted by Gasteiger charge is -2.20. The van der Waals surface area contributed by atoms with Crippen LogP contribution in [0.25, 0.3) is 0 Å². The summed E-state index contributed by atoms with van der Waals surface area (Å²) in [5.74, 6) is 0.907. The van der Waals surface area contributed by atoms with E-state index in [2.05, 4.69) is 10.1 Å². The van der Waals surface area contributed by atoms with Crippen molar-refractivity contribution in [3.63, 3.8) is 0 Å². The number of aromatic nitrogens is 2. The minimum Gasteiger partial charge on any atom is -0.371 e. The molecule has 0 saturated heterocycles. The number of hydrogen-bond acceptors (Lipinski definition) is 5. The van der Waals surface area contributed by atoms with Crippen molar-refractivity contribution in [2.24, 2.45) is 5.73 Å². The second-order valence-electron chi connectivity index (χ2n) is 4.62. The van der Waals surface area contributed by atoms with Crippen LogP contribution in [0.2, 0.25) is 0 Å². The van der Waals surface area contributed by atoms with E-state index >= 15 is 0 Å². The van der Waals surface area contributed by atoms with Crippen molar-refractivity contribution >= 4 is 0 Å². The second-order valence-corrected chi connectivity index (χ2v) is 4.62. The van der Waals surface area contributed by atoms with Crippen LogP contribution in [0.1, 0.15) is 44.2 Å². The van der Waals surface area contributed by atoms with Gasteiger partial charge in [-0.15, -0.1) is 0 Å². The monoisotopic (exact) mass is 261 g/mol. The maximum Gasteiger partial charge on any atom is 0.251 e. The molecule has 0 fully saturated rings. The summed E-state index contributed by atoms with van der Waals surface area (Å²) in [6.07, 6.45) is -0.200. The summed E-state index contributed by atoms with van der Waals surface area (Å²) >= 11 is 0. The lowest BCUT2D eigenvalue weighted by molar-refractivity contribution is 0.0683. The van der Waals surface area contributed by atoms with Crippen molar-refractivity contribution in [3.05, 3.63) is 47.6 Å². The topological polar surface area (TPSA) is 74.2 Å². The molecular formula is C14H19N3O2. The molecule has 1 heterocycles. The minimum absolute atomic E-state index is 0.200. The van der Waals surface area contributed by atoms with E-state index in [0.29, 0.717) is 18.3 Å². The maximum atomic E-state index is 6.31. The van der Waals surface area contributed by atoms with E-state index in [1.807, 2.05) is 51.1 Å². The van der Waals surface area contributed by atoms with Crippen molar-refractivity contribution in [2.45, 2.75) is 32.4 Å². The Morgan fingerprint density at radius 1 is 1.37 bits per heavy atom. The van der Waals surface area contributed by atoms with Crippen LogP contribution in [-0.4, -0.2) is 16.7 Å². The lowest BCUT2D eigenvalue weighted by Crippen LogP contribution is -2.34. The third kappa shape index (κ3) is 2.83. The molecule has 5 heteroatoms. The first kappa shape index (κ1) is 13.7. The number of rotatable bonds is 5. The van der Waals surface area contributed by atoms with Crippen LogP contribution in [0.3, 0.4) is 0 Å². The normalized spacial score (nSPS) is 16.0. The predicted octanol–water partition coefficient (Wildman–Crippen LogP) is 2.39. The highest BCUT2D eigenvalue weighted by Crippen LogP contribution is 2.26. The van der Waals surface area contributed by atoms with Gasteiger partial charge in [0, 0.05) is 6.61 Å². The Labute approximate surface area is 112 Å². The van der Waals surface area contributed by atoms with Gasteiger partial charge in [0.2, 0.25) is 0 Å². The molecule has 2 unspecified atom stereocenters. The van der Waals surface area contributed by atoms with Crippen LogP contribution < -0.4 is 5.73 Å². The van der Waals surface area contributed by atoms with Crippen LogP contribution >= 0.6 is 0 Å². The van der Waals surface area contributed by atoms with Gasteiger partial charge >= 0.3 is 0 Å². The Balaban J connectivity index is 2.27. The fourth-order valence-corrected chi connectivity index (χ4v) is 1.84. The largest absolute Gasteiger partial charge is 0.371 e. The van der Waals surface area contributed by atoms with Gasteiger partial charge in [0.05, 0.1) is 0 Å². The molecule has 0 aliphatic rings. The Kier molecular flexibility index (Phi) is 3.97. The molecule has 2 N–H and O–H groups in total. The van der Waals surface area contributed by atoms with Crippen LogP contribution in [-0.2, 0) is 10.3 Å².